The number of anilines is 4. The number of imide groups is 3. The molecule has 402 valence electrons. The van der Waals surface area contributed by atoms with Crippen LogP contribution in [-0.4, -0.2) is 161 Å². The summed E-state index contributed by atoms with van der Waals surface area (Å²) >= 11 is 0. The third kappa shape index (κ3) is 14.4. The Morgan fingerprint density at radius 3 is 1.67 bits per heavy atom. The number of benzene rings is 5. The van der Waals surface area contributed by atoms with Gasteiger partial charge in [0, 0.05) is 67.4 Å². The van der Waals surface area contributed by atoms with E-state index in [2.05, 4.69) is 88.5 Å². The van der Waals surface area contributed by atoms with E-state index in [1.807, 2.05) is 12.1 Å². The minimum Gasteiger partial charge on any atom is -0.490 e. The van der Waals surface area contributed by atoms with Crippen LogP contribution in [0.4, 0.5) is 27.5 Å². The molecule has 4 heterocycles. The number of hydrogen-bond donors (Lipinski definition) is 1. The highest BCUT2D eigenvalue weighted by Gasteiger charge is 2.40. The minimum atomic E-state index is -1.00. The topological polar surface area (TPSA) is 159 Å². The molecule has 4 aliphatic heterocycles. The summed E-state index contributed by atoms with van der Waals surface area (Å²) in [5.74, 6) is 0.808. The van der Waals surface area contributed by atoms with Crippen molar-refractivity contribution in [3.05, 3.63) is 113 Å². The van der Waals surface area contributed by atoms with E-state index in [1.165, 1.54) is 0 Å². The van der Waals surface area contributed by atoms with Crippen molar-refractivity contribution in [1.29, 1.82) is 0 Å². The zero-order valence-corrected chi connectivity index (χ0v) is 44.4. The standard InChI is InChI=1S/C58H73N5O12/c1-41-10-15-48-51(38-41)72-30-24-62(25-31-73-52-39-42(2)11-16-49(52)61-22-28-70-35-33-68-26-20-60(48)21-27-69-34-36-71-29-23-61)50-17-12-43(40-53(50)74-37-32-67-6)18-19-59-47-14-13-46-54-44(47)8-7-9-45(54)55(64)63(56(46)65)57(66)75-58(3,4)5/h7-17,38-40,59H,18-37H2,1-6H3. The number of nitrogens with one attached hydrogen (secondary N) is 1. The van der Waals surface area contributed by atoms with Gasteiger partial charge in [-0.05, 0) is 112 Å². The first-order valence-corrected chi connectivity index (χ1v) is 26.1. The van der Waals surface area contributed by atoms with Crippen LogP contribution in [0.5, 0.6) is 17.2 Å². The Kier molecular flexibility index (Phi) is 19.1. The molecule has 0 spiro atoms. The lowest BCUT2D eigenvalue weighted by Crippen LogP contribution is -2.46. The van der Waals surface area contributed by atoms with Crippen LogP contribution in [0, 0.1) is 13.8 Å². The molecule has 9 rings (SSSR count). The average molecular weight is 1030 g/mol. The minimum absolute atomic E-state index is 0.255. The van der Waals surface area contributed by atoms with Gasteiger partial charge in [0.15, 0.2) is 0 Å². The number of fused-ring (bicyclic) bond motifs is 20. The molecule has 75 heavy (non-hydrogen) atoms. The maximum Gasteiger partial charge on any atom is 0.424 e. The number of hydrogen-bond acceptors (Lipinski definition) is 16. The highest BCUT2D eigenvalue weighted by Crippen LogP contribution is 2.37. The van der Waals surface area contributed by atoms with Gasteiger partial charge in [0.05, 0.1) is 89.6 Å². The number of carbonyl (C=O) groups excluding carboxylic acids is 3. The fourth-order valence-corrected chi connectivity index (χ4v) is 9.32. The van der Waals surface area contributed by atoms with Crippen molar-refractivity contribution in [3.8, 4) is 17.2 Å². The van der Waals surface area contributed by atoms with Crippen molar-refractivity contribution >= 4 is 51.4 Å². The van der Waals surface area contributed by atoms with Crippen LogP contribution in [0.15, 0.2) is 84.9 Å². The van der Waals surface area contributed by atoms with Gasteiger partial charge in [-0.3, -0.25) is 9.59 Å². The number of rotatable bonds is 9. The zero-order chi connectivity index (χ0) is 52.7. The predicted molar refractivity (Wildman–Crippen MR) is 290 cm³/mol. The number of ether oxygens (including phenoxy) is 9. The predicted octanol–water partition coefficient (Wildman–Crippen LogP) is 8.34. The van der Waals surface area contributed by atoms with E-state index in [4.69, 9.17) is 42.6 Å². The molecule has 1 fully saturated rings. The Bertz CT molecular complexity index is 2620. The molecule has 17 nitrogen and oxygen atoms in total. The largest absolute Gasteiger partial charge is 0.490 e. The summed E-state index contributed by atoms with van der Waals surface area (Å²) < 4.78 is 55.4. The molecule has 0 radical (unpaired) electrons. The van der Waals surface area contributed by atoms with E-state index in [-0.39, 0.29) is 11.1 Å². The van der Waals surface area contributed by atoms with Gasteiger partial charge < -0.3 is 62.6 Å². The molecule has 1 saturated heterocycles. The monoisotopic (exact) mass is 1030 g/mol. The van der Waals surface area contributed by atoms with Crippen molar-refractivity contribution in [1.82, 2.24) is 4.90 Å². The smallest absolute Gasteiger partial charge is 0.424 e. The van der Waals surface area contributed by atoms with Gasteiger partial charge in [0.1, 0.15) is 42.7 Å². The molecule has 3 amide bonds. The van der Waals surface area contributed by atoms with Gasteiger partial charge in [0.2, 0.25) is 0 Å². The fraction of sp³-hybridized carbons (Fsp3) is 0.466. The van der Waals surface area contributed by atoms with Gasteiger partial charge in [-0.2, -0.15) is 4.90 Å². The number of methoxy groups -OCH3 is 1. The number of carbonyl (C=O) groups is 3. The highest BCUT2D eigenvalue weighted by atomic mass is 16.6. The molecule has 0 atom stereocenters. The fourth-order valence-electron chi connectivity index (χ4n) is 9.32. The van der Waals surface area contributed by atoms with E-state index in [1.54, 1.807) is 46.1 Å². The summed E-state index contributed by atoms with van der Waals surface area (Å²) in [7, 11) is 1.65. The maximum atomic E-state index is 13.7. The zero-order valence-electron chi connectivity index (χ0n) is 44.4. The van der Waals surface area contributed by atoms with Crippen LogP contribution in [0.3, 0.4) is 0 Å². The number of aryl methyl sites for hydroxylation is 2. The lowest BCUT2D eigenvalue weighted by molar-refractivity contribution is 0.0234. The van der Waals surface area contributed by atoms with Crippen LogP contribution in [0.25, 0.3) is 10.8 Å². The van der Waals surface area contributed by atoms with Crippen LogP contribution >= 0.6 is 0 Å². The Labute approximate surface area is 440 Å². The lowest BCUT2D eigenvalue weighted by atomic mass is 9.93. The van der Waals surface area contributed by atoms with Crippen LogP contribution < -0.4 is 34.2 Å². The Hall–Kier alpha value is -6.63. The second-order valence-electron chi connectivity index (χ2n) is 19.7. The Morgan fingerprint density at radius 2 is 1.12 bits per heavy atom. The maximum absolute atomic E-state index is 13.7. The first kappa shape index (κ1) is 54.6. The van der Waals surface area contributed by atoms with Crippen molar-refractivity contribution in [2.75, 3.05) is 152 Å². The van der Waals surface area contributed by atoms with E-state index >= 15 is 0 Å². The normalized spacial score (nSPS) is 16.9. The molecule has 0 aliphatic carbocycles. The molecule has 2 bridgehead atoms. The summed E-state index contributed by atoms with van der Waals surface area (Å²) in [6.45, 7) is 18.7. The SMILES string of the molecule is COCCOc1cc(CCNc2ccc3c4c(cccc24)C(=O)N(C(=O)OC(C)(C)C)C3=O)ccc1N1CCOc2cc(C)ccc2N2CCOCCOCCN(CCOCCOCC2)c2ccc(C)cc2OCC1. The number of amides is 3. The number of nitrogens with zero attached hydrogens (tertiary/aromatic N) is 4. The molecular weight excluding hydrogens is 959 g/mol. The molecule has 0 saturated carbocycles. The highest BCUT2D eigenvalue weighted by molar-refractivity contribution is 6.31. The van der Waals surface area contributed by atoms with Gasteiger partial charge >= 0.3 is 6.09 Å². The van der Waals surface area contributed by atoms with E-state index in [9.17, 15) is 14.4 Å². The molecule has 1 N–H and O–H groups in total. The van der Waals surface area contributed by atoms with E-state index in [0.717, 1.165) is 50.9 Å². The van der Waals surface area contributed by atoms with Gasteiger partial charge in [-0.15, -0.1) is 0 Å². The second-order valence-corrected chi connectivity index (χ2v) is 19.7. The van der Waals surface area contributed by atoms with Crippen LogP contribution in [0.2, 0.25) is 0 Å². The van der Waals surface area contributed by atoms with Crippen molar-refractivity contribution in [2.45, 2.75) is 46.6 Å². The molecule has 0 unspecified atom stereocenters. The molecule has 5 aromatic carbocycles. The van der Waals surface area contributed by atoms with Gasteiger partial charge in [-0.1, -0.05) is 30.3 Å². The summed E-state index contributed by atoms with van der Waals surface area (Å²) in [5.41, 5.74) is 6.36. The molecule has 5 aromatic rings. The van der Waals surface area contributed by atoms with Crippen LogP contribution in [0.1, 0.15) is 58.2 Å². The summed E-state index contributed by atoms with van der Waals surface area (Å²) in [6.07, 6.45) is -0.384. The molecular formula is C58H73N5O12. The third-order valence-electron chi connectivity index (χ3n) is 13.0. The quantitative estimate of drug-likeness (QED) is 0.0852. The molecule has 17 heteroatoms. The first-order valence-electron chi connectivity index (χ1n) is 26.1. The average Bonchev–Trinajstić information content (AvgIpc) is 3.38. The van der Waals surface area contributed by atoms with Gasteiger partial charge in [-0.25, -0.2) is 4.79 Å². The summed E-state index contributed by atoms with van der Waals surface area (Å²) in [4.78, 5) is 47.7. The summed E-state index contributed by atoms with van der Waals surface area (Å²) in [6, 6.07) is 27.6. The first-order chi connectivity index (χ1) is 36.4. The lowest BCUT2D eigenvalue weighted by Gasteiger charge is -2.30. The van der Waals surface area contributed by atoms with Crippen molar-refractivity contribution in [2.24, 2.45) is 0 Å². The van der Waals surface area contributed by atoms with E-state index < -0.39 is 23.5 Å². The Balaban J connectivity index is 1.07. The van der Waals surface area contributed by atoms with Crippen LogP contribution in [-0.2, 0) is 34.8 Å². The second kappa shape index (κ2) is 26.2. The van der Waals surface area contributed by atoms with Crippen molar-refractivity contribution < 1.29 is 57.0 Å². The van der Waals surface area contributed by atoms with E-state index in [0.29, 0.717) is 153 Å². The molecule has 4 aliphatic rings. The molecule has 0 aromatic heterocycles. The third-order valence-corrected chi connectivity index (χ3v) is 13.0. The van der Waals surface area contributed by atoms with Crippen molar-refractivity contribution in [3.63, 3.8) is 0 Å². The van der Waals surface area contributed by atoms with Gasteiger partial charge in [0.25, 0.3) is 11.8 Å². The summed E-state index contributed by atoms with van der Waals surface area (Å²) in [5, 5.41) is 4.74. The Morgan fingerprint density at radius 1 is 0.600 bits per heavy atom.